The molecule has 0 aromatic heterocycles. The molecule has 3 aromatic carbocycles. The van der Waals surface area contributed by atoms with E-state index in [0.29, 0.717) is 27.1 Å². The number of amides is 1. The van der Waals surface area contributed by atoms with E-state index in [2.05, 4.69) is 33.7 Å². The van der Waals surface area contributed by atoms with Crippen molar-refractivity contribution in [2.45, 2.75) is 6.61 Å². The van der Waals surface area contributed by atoms with E-state index in [1.165, 1.54) is 16.7 Å². The molecule has 182 valence electrons. The van der Waals surface area contributed by atoms with Gasteiger partial charge in [0.25, 0.3) is 5.91 Å². The van der Waals surface area contributed by atoms with E-state index in [9.17, 15) is 10.1 Å². The maximum absolute atomic E-state index is 12.9. The predicted molar refractivity (Wildman–Crippen MR) is 150 cm³/mol. The fraction of sp³-hybridized carbons (Fsp3) is 0.148. The fourth-order valence-electron chi connectivity index (χ4n) is 3.44. The summed E-state index contributed by atoms with van der Waals surface area (Å²) in [5.41, 5.74) is 2.90. The van der Waals surface area contributed by atoms with Crippen molar-refractivity contribution in [1.82, 2.24) is 4.90 Å². The molecular weight excluding hydrogens is 589 g/mol. The van der Waals surface area contributed by atoms with Gasteiger partial charge in [0.2, 0.25) is 0 Å². The molecule has 1 aliphatic rings. The summed E-state index contributed by atoms with van der Waals surface area (Å²) in [6, 6.07) is 20.6. The van der Waals surface area contributed by atoms with Gasteiger partial charge in [-0.1, -0.05) is 18.2 Å². The third-order valence-electron chi connectivity index (χ3n) is 5.36. The first-order chi connectivity index (χ1) is 17.4. The maximum atomic E-state index is 12.9. The van der Waals surface area contributed by atoms with E-state index in [4.69, 9.17) is 14.2 Å². The van der Waals surface area contributed by atoms with Gasteiger partial charge < -0.3 is 14.2 Å². The number of methoxy groups -OCH3 is 2. The average molecular weight is 611 g/mol. The molecule has 1 amide bonds. The Labute approximate surface area is 227 Å². The SMILES string of the molecule is COc1ccc(N=C2S/C(=C/c3cc(I)c(OCc4ccccc4C#N)c(OC)c3)C(=O)N2C)cc1. The second-order valence-corrected chi connectivity index (χ2v) is 9.83. The summed E-state index contributed by atoms with van der Waals surface area (Å²) < 4.78 is 17.6. The summed E-state index contributed by atoms with van der Waals surface area (Å²) in [6.07, 6.45) is 1.82. The molecule has 7 nitrogen and oxygen atoms in total. The normalized spacial score (nSPS) is 15.3. The standard InChI is InChI=1S/C27H22IN3O4S/c1-31-26(32)24(36-27(31)30-20-8-10-21(33-2)11-9-20)14-17-12-22(28)25(23(13-17)34-3)35-16-19-7-5-4-6-18(19)15-29/h4-14H,16H2,1-3H3/b24-14+,30-27?. The summed E-state index contributed by atoms with van der Waals surface area (Å²) >= 11 is 3.49. The first-order valence-corrected chi connectivity index (χ1v) is 12.7. The molecule has 4 rings (SSSR count). The number of amidine groups is 1. The van der Waals surface area contributed by atoms with Crippen LogP contribution in [0.5, 0.6) is 17.2 Å². The van der Waals surface area contributed by atoms with Crippen LogP contribution >= 0.6 is 34.4 Å². The van der Waals surface area contributed by atoms with E-state index in [0.717, 1.165) is 26.1 Å². The minimum absolute atomic E-state index is 0.130. The fourth-order valence-corrected chi connectivity index (χ4v) is 5.21. The van der Waals surface area contributed by atoms with Crippen molar-refractivity contribution >= 4 is 57.2 Å². The van der Waals surface area contributed by atoms with Gasteiger partial charge in [0.05, 0.1) is 40.0 Å². The Morgan fingerprint density at radius 3 is 2.56 bits per heavy atom. The molecule has 0 aliphatic carbocycles. The van der Waals surface area contributed by atoms with Crippen molar-refractivity contribution in [3.8, 4) is 23.3 Å². The van der Waals surface area contributed by atoms with Crippen LogP contribution in [0.4, 0.5) is 5.69 Å². The Balaban J connectivity index is 1.56. The van der Waals surface area contributed by atoms with Crippen molar-refractivity contribution in [3.63, 3.8) is 0 Å². The Morgan fingerprint density at radius 2 is 1.86 bits per heavy atom. The summed E-state index contributed by atoms with van der Waals surface area (Å²) in [7, 11) is 4.89. The van der Waals surface area contributed by atoms with Crippen molar-refractivity contribution in [3.05, 3.63) is 85.8 Å². The number of hydrogen-bond acceptors (Lipinski definition) is 7. The molecule has 0 saturated carbocycles. The van der Waals surface area contributed by atoms with E-state index in [-0.39, 0.29) is 12.5 Å². The van der Waals surface area contributed by atoms with Gasteiger partial charge in [-0.05, 0) is 88.5 Å². The highest BCUT2D eigenvalue weighted by atomic mass is 127. The Morgan fingerprint density at radius 1 is 1.11 bits per heavy atom. The number of benzene rings is 3. The van der Waals surface area contributed by atoms with Crippen molar-refractivity contribution < 1.29 is 19.0 Å². The largest absolute Gasteiger partial charge is 0.497 e. The number of hydrogen-bond donors (Lipinski definition) is 0. The summed E-state index contributed by atoms with van der Waals surface area (Å²) in [4.78, 5) is 19.6. The van der Waals surface area contributed by atoms with Crippen molar-refractivity contribution in [1.29, 1.82) is 5.26 Å². The van der Waals surface area contributed by atoms with Crippen LogP contribution in [0.2, 0.25) is 0 Å². The van der Waals surface area contributed by atoms with E-state index in [1.54, 1.807) is 27.3 Å². The number of nitrogens with zero attached hydrogens (tertiary/aromatic N) is 3. The highest BCUT2D eigenvalue weighted by Gasteiger charge is 2.30. The molecule has 36 heavy (non-hydrogen) atoms. The zero-order valence-corrected chi connectivity index (χ0v) is 22.8. The van der Waals surface area contributed by atoms with Gasteiger partial charge in [-0.25, -0.2) is 4.99 Å². The van der Waals surface area contributed by atoms with Crippen LogP contribution < -0.4 is 14.2 Å². The van der Waals surface area contributed by atoms with Crippen LogP contribution in [0, 0.1) is 14.9 Å². The number of aliphatic imine (C=N–C) groups is 1. The Bertz CT molecular complexity index is 1400. The lowest BCUT2D eigenvalue weighted by atomic mass is 10.1. The van der Waals surface area contributed by atoms with Gasteiger partial charge >= 0.3 is 0 Å². The number of halogens is 1. The maximum Gasteiger partial charge on any atom is 0.266 e. The van der Waals surface area contributed by atoms with Crippen molar-refractivity contribution in [2.75, 3.05) is 21.3 Å². The van der Waals surface area contributed by atoms with Crippen LogP contribution in [0.15, 0.2) is 70.6 Å². The number of carbonyl (C=O) groups is 1. The monoisotopic (exact) mass is 611 g/mol. The third kappa shape index (κ3) is 5.66. The van der Waals surface area contributed by atoms with Gasteiger partial charge in [-0.15, -0.1) is 0 Å². The number of ether oxygens (including phenoxy) is 3. The highest BCUT2D eigenvalue weighted by Crippen LogP contribution is 2.38. The lowest BCUT2D eigenvalue weighted by molar-refractivity contribution is -0.121. The zero-order chi connectivity index (χ0) is 25.7. The third-order valence-corrected chi connectivity index (χ3v) is 7.22. The average Bonchev–Trinajstić information content (AvgIpc) is 3.15. The summed E-state index contributed by atoms with van der Waals surface area (Å²) in [5.74, 6) is 1.74. The molecule has 0 spiro atoms. The van der Waals surface area contributed by atoms with E-state index >= 15 is 0 Å². The lowest BCUT2D eigenvalue weighted by Gasteiger charge is -2.14. The number of nitriles is 1. The molecule has 0 bridgehead atoms. The molecular formula is C27H22IN3O4S. The molecule has 1 aliphatic heterocycles. The zero-order valence-electron chi connectivity index (χ0n) is 19.8. The van der Waals surface area contributed by atoms with Gasteiger partial charge in [-0.2, -0.15) is 5.26 Å². The van der Waals surface area contributed by atoms with Crippen LogP contribution in [0.1, 0.15) is 16.7 Å². The summed E-state index contributed by atoms with van der Waals surface area (Å²) in [5, 5.41) is 9.91. The Kier molecular flexibility index (Phi) is 8.18. The van der Waals surface area contributed by atoms with Gasteiger partial charge in [0, 0.05) is 12.6 Å². The van der Waals surface area contributed by atoms with Crippen LogP contribution in [0.3, 0.4) is 0 Å². The molecule has 9 heteroatoms. The molecule has 1 heterocycles. The molecule has 1 fully saturated rings. The number of rotatable bonds is 7. The predicted octanol–water partition coefficient (Wildman–Crippen LogP) is 5.99. The second-order valence-electron chi connectivity index (χ2n) is 7.66. The van der Waals surface area contributed by atoms with Gasteiger partial charge in [-0.3, -0.25) is 9.69 Å². The molecule has 0 unspecified atom stereocenters. The smallest absolute Gasteiger partial charge is 0.266 e. The second kappa shape index (κ2) is 11.5. The molecule has 0 N–H and O–H groups in total. The van der Waals surface area contributed by atoms with E-state index in [1.807, 2.05) is 60.7 Å². The molecule has 0 radical (unpaired) electrons. The Hall–Kier alpha value is -3.49. The molecule has 0 atom stereocenters. The molecule has 1 saturated heterocycles. The van der Waals surface area contributed by atoms with Gasteiger partial charge in [0.1, 0.15) is 12.4 Å². The topological polar surface area (TPSA) is 84.1 Å². The number of thioether (sulfide) groups is 1. The lowest BCUT2D eigenvalue weighted by Crippen LogP contribution is -2.23. The first-order valence-electron chi connectivity index (χ1n) is 10.8. The van der Waals surface area contributed by atoms with Crippen molar-refractivity contribution in [2.24, 2.45) is 4.99 Å². The summed E-state index contributed by atoms with van der Waals surface area (Å²) in [6.45, 7) is 0.237. The number of likely N-dealkylation sites (N-methyl/N-ethyl adjacent to an activating group) is 1. The van der Waals surface area contributed by atoms with Crippen LogP contribution in [-0.2, 0) is 11.4 Å². The number of carbonyl (C=O) groups excluding carboxylic acids is 1. The quantitative estimate of drug-likeness (QED) is 0.241. The van der Waals surface area contributed by atoms with E-state index < -0.39 is 0 Å². The molecule has 3 aromatic rings. The van der Waals surface area contributed by atoms with Crippen LogP contribution in [0.25, 0.3) is 6.08 Å². The first kappa shape index (κ1) is 25.6. The minimum atomic E-state index is -0.130. The minimum Gasteiger partial charge on any atom is -0.497 e. The highest BCUT2D eigenvalue weighted by molar-refractivity contribution is 14.1. The van der Waals surface area contributed by atoms with Gasteiger partial charge in [0.15, 0.2) is 16.7 Å². The van der Waals surface area contributed by atoms with Crippen LogP contribution in [-0.4, -0.2) is 37.2 Å².